The summed E-state index contributed by atoms with van der Waals surface area (Å²) in [6, 6.07) is 4.54. The number of benzene rings is 3. The Morgan fingerprint density at radius 3 is 1.56 bits per heavy atom. The number of allylic oxidation sites excluding steroid dienone is 2. The molecule has 0 radical (unpaired) electrons. The van der Waals surface area contributed by atoms with Crippen molar-refractivity contribution >= 4 is 54.4 Å². The lowest BCUT2D eigenvalue weighted by atomic mass is 10.0. The zero-order valence-electron chi connectivity index (χ0n) is 30.4. The Morgan fingerprint density at radius 2 is 1.14 bits per heavy atom. The van der Waals surface area contributed by atoms with Crippen molar-refractivity contribution in [3.8, 4) is 17.2 Å². The van der Waals surface area contributed by atoms with Crippen LogP contribution in [0.3, 0.4) is 0 Å². The van der Waals surface area contributed by atoms with E-state index in [1.807, 2.05) is 4.90 Å². The molecule has 0 spiro atoms. The van der Waals surface area contributed by atoms with Gasteiger partial charge in [-0.25, -0.2) is 8.93 Å². The molecule has 5 rings (SSSR count). The number of rotatable bonds is 17. The molecule has 0 aromatic heterocycles. The lowest BCUT2D eigenvalue weighted by molar-refractivity contribution is -0.404. The fourth-order valence-electron chi connectivity index (χ4n) is 5.92. The number of nitro benzene ring substituents is 7. The van der Waals surface area contributed by atoms with E-state index in [1.165, 1.54) is 6.07 Å². The lowest BCUT2D eigenvalue weighted by Crippen LogP contribution is -2.44. The number of hydrogen-bond donors (Lipinski definition) is 1. The van der Waals surface area contributed by atoms with Gasteiger partial charge in [0.1, 0.15) is 21.2 Å². The third-order valence-corrected chi connectivity index (χ3v) is 11.3. The highest BCUT2D eigenvalue weighted by Gasteiger charge is 2.45. The van der Waals surface area contributed by atoms with Crippen molar-refractivity contribution in [2.24, 2.45) is 0 Å². The zero-order chi connectivity index (χ0) is 43.7. The van der Waals surface area contributed by atoms with Crippen molar-refractivity contribution < 1.29 is 52.9 Å². The minimum absolute atomic E-state index is 0.125. The summed E-state index contributed by atoms with van der Waals surface area (Å²) in [7, 11) is -4.48. The number of non-ortho nitro benzene ring substituents is 3. The summed E-state index contributed by atoms with van der Waals surface area (Å²) >= 11 is 0. The van der Waals surface area contributed by atoms with Gasteiger partial charge >= 0.3 is 22.7 Å². The van der Waals surface area contributed by atoms with Crippen LogP contribution in [0.2, 0.25) is 0 Å². The molecule has 0 fully saturated rings. The molecule has 2 aliphatic rings. The van der Waals surface area contributed by atoms with Gasteiger partial charge in [-0.1, -0.05) is 13.8 Å². The van der Waals surface area contributed by atoms with Gasteiger partial charge in [0.2, 0.25) is 5.09 Å². The standard InChI is InChI=1S/C31H27N9O18S/c1-4-33(5-2)9-8-32-59(55)26-10-17-6-7-18(34(41)42)15-25(17)56-27(26)16(3)28(57-29-21(37(47)48)11-19(35(43)44)12-22(29)38(49)50)31(59)58-30-23(39(51)52)13-20(36(45)46)14-24(30)40(53)54/h6-7,11-15H,4-5,8-10H2,1-3H3,(H,32,55). The van der Waals surface area contributed by atoms with Crippen LogP contribution in [-0.2, 0) is 16.1 Å². The number of nitro groups is 7. The number of nitrogens with one attached hydrogen (secondary N) is 1. The van der Waals surface area contributed by atoms with E-state index in [0.717, 1.165) is 19.1 Å². The highest BCUT2D eigenvalue weighted by atomic mass is 32.2. The van der Waals surface area contributed by atoms with Gasteiger partial charge in [0.15, 0.2) is 5.76 Å². The van der Waals surface area contributed by atoms with Gasteiger partial charge in [0.05, 0.1) is 69.7 Å². The molecule has 0 saturated carbocycles. The number of hydrogen-bond acceptors (Lipinski definition) is 19. The Bertz CT molecular complexity index is 2520. The van der Waals surface area contributed by atoms with E-state index in [-0.39, 0.29) is 29.3 Å². The van der Waals surface area contributed by atoms with Crippen molar-refractivity contribution in [3.63, 3.8) is 0 Å². The largest absolute Gasteiger partial charge is 0.455 e. The van der Waals surface area contributed by atoms with Crippen molar-refractivity contribution in [1.29, 1.82) is 0 Å². The first-order valence-electron chi connectivity index (χ1n) is 16.6. The van der Waals surface area contributed by atoms with Crippen LogP contribution in [0.1, 0.15) is 26.3 Å². The third kappa shape index (κ3) is 8.10. The van der Waals surface area contributed by atoms with E-state index in [0.29, 0.717) is 37.4 Å². The van der Waals surface area contributed by atoms with Crippen molar-refractivity contribution in [2.45, 2.75) is 27.2 Å². The van der Waals surface area contributed by atoms with Crippen LogP contribution in [0.4, 0.5) is 39.8 Å². The topological polar surface area (TPSA) is 362 Å². The molecule has 1 atom stereocenters. The van der Waals surface area contributed by atoms with Crippen molar-refractivity contribution in [3.05, 3.63) is 141 Å². The minimum atomic E-state index is -4.48. The van der Waals surface area contributed by atoms with Gasteiger partial charge in [-0.3, -0.25) is 70.8 Å². The lowest BCUT2D eigenvalue weighted by Gasteiger charge is -2.33. The minimum Gasteiger partial charge on any atom is -0.455 e. The maximum absolute atomic E-state index is 15.9. The fourth-order valence-corrected chi connectivity index (χ4v) is 8.30. The summed E-state index contributed by atoms with van der Waals surface area (Å²) in [5, 5.41) is 83.0. The Kier molecular flexibility index (Phi) is 11.8. The number of fused-ring (bicyclic) bond motifs is 2. The number of nitrogens with zero attached hydrogens (tertiary/aromatic N) is 8. The average molecular weight is 846 g/mol. The van der Waals surface area contributed by atoms with Crippen molar-refractivity contribution in [2.75, 3.05) is 26.2 Å². The third-order valence-electron chi connectivity index (χ3n) is 8.86. The van der Waals surface area contributed by atoms with E-state index in [1.54, 1.807) is 13.8 Å². The quantitative estimate of drug-likeness (QED) is 0.107. The molecule has 310 valence electrons. The van der Waals surface area contributed by atoms with Gasteiger partial charge in [0, 0.05) is 36.7 Å². The number of likely N-dealkylation sites (N-methyl/N-ethyl adjacent to an activating group) is 1. The molecule has 0 bridgehead atoms. The second-order valence-electron chi connectivity index (χ2n) is 12.2. The van der Waals surface area contributed by atoms with Gasteiger partial charge in [-0.05, 0) is 26.1 Å². The first-order valence-corrected chi connectivity index (χ1v) is 18.2. The van der Waals surface area contributed by atoms with Crippen LogP contribution < -0.4 is 18.9 Å². The zero-order valence-corrected chi connectivity index (χ0v) is 31.2. The second kappa shape index (κ2) is 16.4. The Labute approximate surface area is 328 Å². The van der Waals surface area contributed by atoms with E-state index in [4.69, 9.17) is 14.2 Å². The van der Waals surface area contributed by atoms with Gasteiger partial charge in [-0.15, -0.1) is 0 Å². The number of ether oxygens (including phenoxy) is 3. The Hall–Kier alpha value is -7.72. The molecule has 3 aromatic rings. The molecule has 0 aliphatic carbocycles. The van der Waals surface area contributed by atoms with Crippen LogP contribution in [0, 0.1) is 70.8 Å². The molecule has 0 amide bonds. The molecule has 0 saturated heterocycles. The summed E-state index contributed by atoms with van der Waals surface area (Å²) in [5.41, 5.74) is -8.58. The summed E-state index contributed by atoms with van der Waals surface area (Å²) in [4.78, 5) is 77.5. The van der Waals surface area contributed by atoms with E-state index in [2.05, 4.69) is 4.72 Å². The predicted octanol–water partition coefficient (Wildman–Crippen LogP) is 4.90. The molecule has 1 unspecified atom stereocenters. The first kappa shape index (κ1) is 42.4. The molecule has 1 N–H and O–H groups in total. The molecule has 2 aliphatic heterocycles. The van der Waals surface area contributed by atoms with Crippen molar-refractivity contribution in [1.82, 2.24) is 9.62 Å². The first-order chi connectivity index (χ1) is 27.7. The summed E-state index contributed by atoms with van der Waals surface area (Å²) in [5.74, 6) is -4.31. The van der Waals surface area contributed by atoms with Gasteiger partial charge in [0.25, 0.3) is 28.6 Å². The van der Waals surface area contributed by atoms with Crippen LogP contribution in [0.25, 0.3) is 0 Å². The molecule has 2 heterocycles. The smallest absolute Gasteiger partial charge is 0.325 e. The summed E-state index contributed by atoms with van der Waals surface area (Å²) in [6.07, 6.45) is -0.403. The van der Waals surface area contributed by atoms with E-state index >= 15 is 4.21 Å². The molecule has 27 nitrogen and oxygen atoms in total. The predicted molar refractivity (Wildman–Crippen MR) is 200 cm³/mol. The average Bonchev–Trinajstić information content (AvgIpc) is 3.18. The Balaban J connectivity index is 1.95. The fraction of sp³-hybridized carbons (Fsp3) is 0.258. The highest BCUT2D eigenvalue weighted by molar-refractivity contribution is 8.04. The van der Waals surface area contributed by atoms with E-state index < -0.39 is 124 Å². The molecule has 59 heavy (non-hydrogen) atoms. The SMILES string of the molecule is CCN(CC)CCNS1(=O)=C2Cc3ccc([N+](=O)[O-])cc3OC2=C(C)C(Oc2c([N+](=O)[O-])cc([N+](=O)[O-])cc2[N+](=O)[O-])=C1Oc1c([N+](=O)[O-])cc([N+](=O)[O-])cc1[N+](=O)[O-]. The van der Waals surface area contributed by atoms with Gasteiger partial charge in [-0.2, -0.15) is 0 Å². The highest BCUT2D eigenvalue weighted by Crippen LogP contribution is 2.48. The summed E-state index contributed by atoms with van der Waals surface area (Å²) < 4.78 is 36.3. The monoisotopic (exact) mass is 845 g/mol. The van der Waals surface area contributed by atoms with Crippen LogP contribution in [0.5, 0.6) is 17.2 Å². The summed E-state index contributed by atoms with van der Waals surface area (Å²) in [6.45, 7) is 5.53. The molecule has 28 heteroatoms. The maximum Gasteiger partial charge on any atom is 0.325 e. The normalized spacial score (nSPS) is 15.8. The van der Waals surface area contributed by atoms with Crippen LogP contribution in [-0.4, -0.2) is 74.6 Å². The van der Waals surface area contributed by atoms with E-state index in [9.17, 15) is 70.8 Å². The molecular formula is C31H27N9O18S. The molecule has 3 aromatic carbocycles. The van der Waals surface area contributed by atoms with Crippen LogP contribution >= 0.6 is 0 Å². The van der Waals surface area contributed by atoms with Crippen LogP contribution in [0.15, 0.2) is 64.6 Å². The molecular weight excluding hydrogens is 818 g/mol. The Morgan fingerprint density at radius 1 is 0.678 bits per heavy atom. The second-order valence-corrected chi connectivity index (χ2v) is 14.4. The van der Waals surface area contributed by atoms with Gasteiger partial charge < -0.3 is 19.1 Å². The maximum atomic E-state index is 15.9.